The molecule has 0 aliphatic heterocycles. The molecule has 25 heavy (non-hydrogen) atoms. The minimum absolute atomic E-state index is 0. The van der Waals surface area contributed by atoms with Gasteiger partial charge < -0.3 is 15.5 Å². The first-order valence-corrected chi connectivity index (χ1v) is 8.36. The van der Waals surface area contributed by atoms with Crippen LogP contribution in [0.5, 0.6) is 0 Å². The molecule has 0 saturated heterocycles. The van der Waals surface area contributed by atoms with E-state index in [-0.39, 0.29) is 29.9 Å². The number of nitrogens with zero attached hydrogens (tertiary/aromatic N) is 3. The lowest BCUT2D eigenvalue weighted by Crippen LogP contribution is -2.39. The van der Waals surface area contributed by atoms with Gasteiger partial charge in [-0.3, -0.25) is 9.79 Å². The zero-order chi connectivity index (χ0) is 18.2. The highest BCUT2D eigenvalue weighted by atomic mass is 127. The van der Waals surface area contributed by atoms with Gasteiger partial charge in [-0.15, -0.1) is 35.3 Å². The molecular formula is C14H23F3IN5OS. The van der Waals surface area contributed by atoms with Crippen LogP contribution in [0.25, 0.3) is 0 Å². The monoisotopic (exact) mass is 493 g/mol. The predicted molar refractivity (Wildman–Crippen MR) is 104 cm³/mol. The van der Waals surface area contributed by atoms with Crippen LogP contribution in [0.15, 0.2) is 10.4 Å². The number of rotatable bonds is 7. The van der Waals surface area contributed by atoms with Gasteiger partial charge >= 0.3 is 6.18 Å². The summed E-state index contributed by atoms with van der Waals surface area (Å²) >= 11 is 0.975. The summed E-state index contributed by atoms with van der Waals surface area (Å²) < 4.78 is 37.4. The van der Waals surface area contributed by atoms with Crippen molar-refractivity contribution in [3.63, 3.8) is 0 Å². The van der Waals surface area contributed by atoms with E-state index in [1.807, 2.05) is 6.92 Å². The first kappa shape index (κ1) is 23.9. The topological polar surface area (TPSA) is 69.6 Å². The maximum atomic E-state index is 12.5. The Morgan fingerprint density at radius 1 is 1.36 bits per heavy atom. The molecule has 0 radical (unpaired) electrons. The zero-order valence-corrected chi connectivity index (χ0v) is 17.5. The molecule has 1 aromatic heterocycles. The van der Waals surface area contributed by atoms with Crippen molar-refractivity contribution in [2.45, 2.75) is 25.9 Å². The second-order valence-corrected chi connectivity index (χ2v) is 6.04. The lowest BCUT2D eigenvalue weighted by atomic mass is 10.4. The number of hydrogen-bond donors (Lipinski definition) is 2. The highest BCUT2D eigenvalue weighted by molar-refractivity contribution is 14.0. The molecule has 6 nitrogen and oxygen atoms in total. The first-order valence-electron chi connectivity index (χ1n) is 7.48. The number of carbonyl (C=O) groups is 1. The Bertz CT molecular complexity index is 563. The van der Waals surface area contributed by atoms with E-state index >= 15 is 0 Å². The molecule has 0 saturated carbocycles. The lowest BCUT2D eigenvalue weighted by molar-refractivity contribution is -0.140. The summed E-state index contributed by atoms with van der Waals surface area (Å²) in [4.78, 5) is 20.8. The molecule has 0 aromatic carbocycles. The summed E-state index contributed by atoms with van der Waals surface area (Å²) in [5, 5.41) is 7.44. The summed E-state index contributed by atoms with van der Waals surface area (Å²) in [6, 6.07) is 0. The Labute approximate surface area is 166 Å². The Morgan fingerprint density at radius 2 is 2.04 bits per heavy atom. The fourth-order valence-corrected chi connectivity index (χ4v) is 2.47. The molecule has 1 aromatic rings. The third-order valence-electron chi connectivity index (χ3n) is 2.91. The number of nitrogens with one attached hydrogen (secondary N) is 2. The molecule has 0 fully saturated rings. The highest BCUT2D eigenvalue weighted by Crippen LogP contribution is 2.30. The van der Waals surface area contributed by atoms with Gasteiger partial charge in [0.15, 0.2) is 11.7 Å². The van der Waals surface area contributed by atoms with Crippen LogP contribution in [-0.4, -0.2) is 55.5 Å². The van der Waals surface area contributed by atoms with Gasteiger partial charge in [0.2, 0.25) is 5.91 Å². The fourth-order valence-electron chi connectivity index (χ4n) is 1.67. The highest BCUT2D eigenvalue weighted by Gasteiger charge is 2.33. The molecular weight excluding hydrogens is 470 g/mol. The van der Waals surface area contributed by atoms with E-state index in [0.29, 0.717) is 43.4 Å². The van der Waals surface area contributed by atoms with E-state index in [0.717, 1.165) is 16.7 Å². The zero-order valence-electron chi connectivity index (χ0n) is 14.3. The molecule has 0 spiro atoms. The Balaban J connectivity index is 0.00000576. The fraction of sp³-hybridized carbons (Fsp3) is 0.643. The second-order valence-electron chi connectivity index (χ2n) is 5.10. The standard InChI is InChI=1S/C14H22F3N5OS.HI/c1-4-18-13(20-8-6-12(23)22(2)3)19-7-5-11-21-10(9-24-11)14(15,16)17;/h9H,4-8H2,1-3H3,(H2,18,19,20);1H. The van der Waals surface area contributed by atoms with Crippen molar-refractivity contribution >= 4 is 47.2 Å². The maximum absolute atomic E-state index is 12.5. The molecule has 1 heterocycles. The van der Waals surface area contributed by atoms with Crippen molar-refractivity contribution in [1.82, 2.24) is 20.5 Å². The third kappa shape index (κ3) is 9.23. The molecule has 0 aliphatic rings. The van der Waals surface area contributed by atoms with Crippen molar-refractivity contribution in [3.8, 4) is 0 Å². The second kappa shape index (κ2) is 11.5. The smallest absolute Gasteiger partial charge is 0.357 e. The average Bonchev–Trinajstić information content (AvgIpc) is 2.96. The van der Waals surface area contributed by atoms with E-state index < -0.39 is 11.9 Å². The van der Waals surface area contributed by atoms with Gasteiger partial charge in [-0.1, -0.05) is 0 Å². The van der Waals surface area contributed by atoms with Crippen molar-refractivity contribution in [2.75, 3.05) is 33.7 Å². The number of carbonyl (C=O) groups excluding carboxylic acids is 1. The van der Waals surface area contributed by atoms with Crippen LogP contribution in [0.4, 0.5) is 13.2 Å². The number of guanidine groups is 1. The number of alkyl halides is 3. The van der Waals surface area contributed by atoms with Gasteiger partial charge in [0.05, 0.1) is 5.01 Å². The Kier molecular flexibility index (Phi) is 11.0. The van der Waals surface area contributed by atoms with Gasteiger partial charge in [-0.2, -0.15) is 13.2 Å². The van der Waals surface area contributed by atoms with Crippen molar-refractivity contribution < 1.29 is 18.0 Å². The number of aliphatic imine (C=N–C) groups is 1. The Morgan fingerprint density at radius 3 is 2.56 bits per heavy atom. The summed E-state index contributed by atoms with van der Waals surface area (Å²) in [6.07, 6.45) is -3.75. The van der Waals surface area contributed by atoms with E-state index in [1.165, 1.54) is 4.90 Å². The average molecular weight is 493 g/mol. The summed E-state index contributed by atoms with van der Waals surface area (Å²) in [7, 11) is 3.37. The lowest BCUT2D eigenvalue weighted by Gasteiger charge is -2.13. The largest absolute Gasteiger partial charge is 0.434 e. The molecule has 0 bridgehead atoms. The Hall–Kier alpha value is -1.11. The molecule has 0 aliphatic carbocycles. The van der Waals surface area contributed by atoms with E-state index in [9.17, 15) is 18.0 Å². The number of hydrogen-bond acceptors (Lipinski definition) is 4. The number of thiazole rings is 1. The van der Waals surface area contributed by atoms with Crippen LogP contribution in [0.2, 0.25) is 0 Å². The predicted octanol–water partition coefficient (Wildman–Crippen LogP) is 2.36. The van der Waals surface area contributed by atoms with Crippen LogP contribution in [0.3, 0.4) is 0 Å². The van der Waals surface area contributed by atoms with Crippen molar-refractivity contribution in [2.24, 2.45) is 4.99 Å². The van der Waals surface area contributed by atoms with Crippen LogP contribution >= 0.6 is 35.3 Å². The minimum atomic E-state index is -4.41. The van der Waals surface area contributed by atoms with E-state index in [1.54, 1.807) is 14.1 Å². The molecule has 2 N–H and O–H groups in total. The molecule has 11 heteroatoms. The van der Waals surface area contributed by atoms with E-state index in [4.69, 9.17) is 0 Å². The van der Waals surface area contributed by atoms with Crippen LogP contribution in [-0.2, 0) is 17.4 Å². The summed E-state index contributed by atoms with van der Waals surface area (Å²) in [5.41, 5.74) is -0.862. The molecule has 1 amide bonds. The van der Waals surface area contributed by atoms with Crippen LogP contribution in [0, 0.1) is 0 Å². The van der Waals surface area contributed by atoms with Gasteiger partial charge in [0.25, 0.3) is 0 Å². The third-order valence-corrected chi connectivity index (χ3v) is 3.82. The molecule has 144 valence electrons. The summed E-state index contributed by atoms with van der Waals surface area (Å²) in [6.45, 7) is 3.28. The van der Waals surface area contributed by atoms with Crippen LogP contribution in [0.1, 0.15) is 24.0 Å². The van der Waals surface area contributed by atoms with E-state index in [2.05, 4.69) is 20.6 Å². The van der Waals surface area contributed by atoms with Gasteiger partial charge in [0.1, 0.15) is 0 Å². The number of amides is 1. The first-order chi connectivity index (χ1) is 11.2. The molecule has 0 unspecified atom stereocenters. The molecule has 0 atom stereocenters. The quantitative estimate of drug-likeness (QED) is 0.348. The van der Waals surface area contributed by atoms with Gasteiger partial charge in [-0.05, 0) is 6.92 Å². The minimum Gasteiger partial charge on any atom is -0.357 e. The number of halogens is 4. The van der Waals surface area contributed by atoms with Crippen LogP contribution < -0.4 is 10.6 Å². The molecule has 1 rings (SSSR count). The van der Waals surface area contributed by atoms with Crippen molar-refractivity contribution in [1.29, 1.82) is 0 Å². The number of aromatic nitrogens is 1. The SMILES string of the molecule is CCNC(=NCCc1nc(C(F)(F)F)cs1)NCCC(=O)N(C)C.I. The normalized spacial score (nSPS) is 11.7. The summed E-state index contributed by atoms with van der Waals surface area (Å²) in [5.74, 6) is 0.525. The van der Waals surface area contributed by atoms with Crippen molar-refractivity contribution in [3.05, 3.63) is 16.1 Å². The van der Waals surface area contributed by atoms with Gasteiger partial charge in [0, 0.05) is 52.0 Å². The van der Waals surface area contributed by atoms with Gasteiger partial charge in [-0.25, -0.2) is 4.98 Å². The maximum Gasteiger partial charge on any atom is 0.434 e.